The van der Waals surface area contributed by atoms with Crippen LogP contribution < -0.4 is 10.1 Å². The van der Waals surface area contributed by atoms with Crippen LogP contribution in [0.25, 0.3) is 0 Å². The Balaban J connectivity index is 2.12. The van der Waals surface area contributed by atoms with Crippen LogP contribution in [0.2, 0.25) is 0 Å². The van der Waals surface area contributed by atoms with E-state index in [9.17, 15) is 19.2 Å². The molecule has 1 heterocycles. The number of carbonyl (C=O) groups is 4. The molecule has 0 radical (unpaired) electrons. The van der Waals surface area contributed by atoms with Gasteiger partial charge in [-0.25, -0.2) is 9.59 Å². The third kappa shape index (κ3) is 6.81. The molecular formula is C21H24N2O7. The normalized spacial score (nSPS) is 14.7. The molecule has 30 heavy (non-hydrogen) atoms. The molecule has 3 amide bonds. The van der Waals surface area contributed by atoms with Crippen LogP contribution in [0, 0.1) is 12.3 Å². The molecule has 2 rings (SSSR count). The van der Waals surface area contributed by atoms with Crippen LogP contribution in [0.1, 0.15) is 39.2 Å². The Labute approximate surface area is 174 Å². The molecule has 1 aliphatic rings. The average molecular weight is 416 g/mol. The van der Waals surface area contributed by atoms with Crippen molar-refractivity contribution in [3.8, 4) is 18.1 Å². The van der Waals surface area contributed by atoms with Gasteiger partial charge in [-0.1, -0.05) is 18.1 Å². The van der Waals surface area contributed by atoms with E-state index in [4.69, 9.17) is 20.7 Å². The lowest BCUT2D eigenvalue weighted by Crippen LogP contribution is -2.48. The second-order valence-corrected chi connectivity index (χ2v) is 7.53. The number of imide groups is 1. The summed E-state index contributed by atoms with van der Waals surface area (Å²) in [5, 5.41) is 2.86. The highest BCUT2D eigenvalue weighted by molar-refractivity contribution is 6.01. The first-order chi connectivity index (χ1) is 14.1. The van der Waals surface area contributed by atoms with Crippen LogP contribution in [0.15, 0.2) is 24.3 Å². The number of rotatable bonds is 7. The van der Waals surface area contributed by atoms with Crippen molar-refractivity contribution < 1.29 is 33.5 Å². The lowest BCUT2D eigenvalue weighted by atomic mass is 10.1. The minimum absolute atomic E-state index is 0.0315. The minimum Gasteiger partial charge on any atom is -0.481 e. The largest absolute Gasteiger partial charge is 0.481 e. The monoisotopic (exact) mass is 416 g/mol. The SMILES string of the molecule is C#CCOc1ccc(C[C@H](NC(=O)OC(C)(C)C)C(=O)ON2C(=O)CCC2=O)cc1. The fraction of sp³-hybridized carbons (Fsp3) is 0.429. The quantitative estimate of drug-likeness (QED) is 0.532. The van der Waals surface area contributed by atoms with Crippen LogP contribution in [0.5, 0.6) is 5.75 Å². The van der Waals surface area contributed by atoms with E-state index in [-0.39, 0.29) is 25.9 Å². The summed E-state index contributed by atoms with van der Waals surface area (Å²) in [5.41, 5.74) is -0.116. The molecular weight excluding hydrogens is 392 g/mol. The van der Waals surface area contributed by atoms with E-state index in [1.807, 2.05) is 0 Å². The van der Waals surface area contributed by atoms with Gasteiger partial charge in [0.1, 0.15) is 24.0 Å². The number of amides is 3. The molecule has 0 bridgehead atoms. The van der Waals surface area contributed by atoms with E-state index >= 15 is 0 Å². The van der Waals surface area contributed by atoms with Crippen LogP contribution in [0.4, 0.5) is 4.79 Å². The lowest BCUT2D eigenvalue weighted by Gasteiger charge is -2.23. The number of nitrogens with one attached hydrogen (secondary N) is 1. The average Bonchev–Trinajstić information content (AvgIpc) is 2.97. The summed E-state index contributed by atoms with van der Waals surface area (Å²) in [6.07, 6.45) is 4.28. The Hall–Kier alpha value is -3.54. The molecule has 0 saturated carbocycles. The number of hydroxylamine groups is 2. The predicted molar refractivity (Wildman–Crippen MR) is 105 cm³/mol. The number of benzene rings is 1. The van der Waals surface area contributed by atoms with Gasteiger partial charge in [-0.3, -0.25) is 9.59 Å². The van der Waals surface area contributed by atoms with Crippen molar-refractivity contribution in [1.29, 1.82) is 0 Å². The van der Waals surface area contributed by atoms with E-state index in [1.54, 1.807) is 45.0 Å². The third-order valence-electron chi connectivity index (χ3n) is 3.85. The van der Waals surface area contributed by atoms with E-state index in [0.717, 1.165) is 0 Å². The second kappa shape index (κ2) is 9.78. The van der Waals surface area contributed by atoms with Crippen molar-refractivity contribution in [3.05, 3.63) is 29.8 Å². The minimum atomic E-state index is -1.20. The molecule has 1 N–H and O–H groups in total. The molecule has 1 aromatic rings. The van der Waals surface area contributed by atoms with Crippen molar-refractivity contribution in [2.24, 2.45) is 0 Å². The van der Waals surface area contributed by atoms with Crippen molar-refractivity contribution in [3.63, 3.8) is 0 Å². The zero-order valence-corrected chi connectivity index (χ0v) is 17.1. The smallest absolute Gasteiger partial charge is 0.408 e. The highest BCUT2D eigenvalue weighted by atomic mass is 16.7. The van der Waals surface area contributed by atoms with Gasteiger partial charge in [-0.05, 0) is 38.5 Å². The van der Waals surface area contributed by atoms with Gasteiger partial charge >= 0.3 is 12.1 Å². The van der Waals surface area contributed by atoms with E-state index in [0.29, 0.717) is 16.4 Å². The Bertz CT molecular complexity index is 834. The zero-order chi connectivity index (χ0) is 22.3. The van der Waals surface area contributed by atoms with Crippen molar-refractivity contribution in [1.82, 2.24) is 10.4 Å². The highest BCUT2D eigenvalue weighted by Gasteiger charge is 2.35. The fourth-order valence-corrected chi connectivity index (χ4v) is 2.54. The van der Waals surface area contributed by atoms with Gasteiger partial charge in [0.2, 0.25) is 0 Å². The van der Waals surface area contributed by atoms with E-state index in [2.05, 4.69) is 11.2 Å². The summed E-state index contributed by atoms with van der Waals surface area (Å²) < 4.78 is 10.5. The number of nitrogens with zero attached hydrogens (tertiary/aromatic N) is 1. The van der Waals surface area contributed by atoms with E-state index in [1.165, 1.54) is 0 Å². The fourth-order valence-electron chi connectivity index (χ4n) is 2.54. The standard InChI is InChI=1S/C21H24N2O7/c1-5-12-28-15-8-6-14(7-9-15)13-16(22-20(27)29-21(2,3)4)19(26)30-23-17(24)10-11-18(23)25/h1,6-9,16H,10-13H2,2-4H3,(H,22,27)/t16-/m0/s1. The van der Waals surface area contributed by atoms with Gasteiger partial charge in [0.15, 0.2) is 0 Å². The number of carbonyl (C=O) groups excluding carboxylic acids is 4. The molecule has 1 aliphatic heterocycles. The summed E-state index contributed by atoms with van der Waals surface area (Å²) in [6.45, 7) is 5.15. The first kappa shape index (κ1) is 22.7. The lowest BCUT2D eigenvalue weighted by molar-refractivity contribution is -0.198. The van der Waals surface area contributed by atoms with Crippen LogP contribution in [0.3, 0.4) is 0 Å². The topological polar surface area (TPSA) is 111 Å². The molecule has 9 nitrogen and oxygen atoms in total. The molecule has 1 atom stereocenters. The summed E-state index contributed by atoms with van der Waals surface area (Å²) >= 11 is 0. The molecule has 0 aromatic heterocycles. The van der Waals surface area contributed by atoms with Gasteiger partial charge in [-0.2, -0.15) is 0 Å². The predicted octanol–water partition coefficient (Wildman–Crippen LogP) is 1.74. The number of ether oxygens (including phenoxy) is 2. The third-order valence-corrected chi connectivity index (χ3v) is 3.85. The maximum atomic E-state index is 12.6. The maximum absolute atomic E-state index is 12.6. The molecule has 0 unspecified atom stereocenters. The number of alkyl carbamates (subject to hydrolysis) is 1. The molecule has 9 heteroatoms. The van der Waals surface area contributed by atoms with Crippen molar-refractivity contribution in [2.75, 3.05) is 6.61 Å². The zero-order valence-electron chi connectivity index (χ0n) is 17.1. The molecule has 0 aliphatic carbocycles. The molecule has 1 saturated heterocycles. The second-order valence-electron chi connectivity index (χ2n) is 7.53. The van der Waals surface area contributed by atoms with Gasteiger partial charge < -0.3 is 19.6 Å². The highest BCUT2D eigenvalue weighted by Crippen LogP contribution is 2.17. The molecule has 160 valence electrons. The number of hydrogen-bond donors (Lipinski definition) is 1. The van der Waals surface area contributed by atoms with Crippen molar-refractivity contribution >= 4 is 23.9 Å². The van der Waals surface area contributed by atoms with Crippen LogP contribution >= 0.6 is 0 Å². The summed E-state index contributed by atoms with van der Waals surface area (Å²) in [6, 6.07) is 5.51. The summed E-state index contributed by atoms with van der Waals surface area (Å²) in [7, 11) is 0. The van der Waals surface area contributed by atoms with Gasteiger partial charge in [0, 0.05) is 19.3 Å². The van der Waals surface area contributed by atoms with E-state index < -0.39 is 35.5 Å². The number of hydrogen-bond acceptors (Lipinski definition) is 7. The Morgan fingerprint density at radius 2 is 1.77 bits per heavy atom. The Morgan fingerprint density at radius 3 is 2.30 bits per heavy atom. The van der Waals surface area contributed by atoms with Crippen LogP contribution in [-0.4, -0.2) is 47.2 Å². The van der Waals surface area contributed by atoms with Crippen molar-refractivity contribution in [2.45, 2.75) is 51.7 Å². The number of terminal acetylenes is 1. The Kier molecular flexibility index (Phi) is 7.42. The first-order valence-corrected chi connectivity index (χ1v) is 9.31. The van der Waals surface area contributed by atoms with Gasteiger partial charge in [0.25, 0.3) is 11.8 Å². The molecule has 1 fully saturated rings. The summed E-state index contributed by atoms with van der Waals surface area (Å²) in [4.78, 5) is 53.2. The van der Waals surface area contributed by atoms with Gasteiger partial charge in [-0.15, -0.1) is 11.5 Å². The maximum Gasteiger partial charge on any atom is 0.408 e. The first-order valence-electron chi connectivity index (χ1n) is 9.31. The van der Waals surface area contributed by atoms with Crippen LogP contribution in [-0.2, 0) is 30.4 Å². The molecule has 1 aromatic carbocycles. The summed E-state index contributed by atoms with van der Waals surface area (Å²) in [5.74, 6) is 0.716. The Morgan fingerprint density at radius 1 is 1.17 bits per heavy atom. The van der Waals surface area contributed by atoms with Gasteiger partial charge in [0.05, 0.1) is 0 Å². The molecule has 0 spiro atoms.